The molecule has 0 aromatic heterocycles. The second-order valence-electron chi connectivity index (χ2n) is 5.45. The van der Waals surface area contributed by atoms with Gasteiger partial charge in [-0.15, -0.1) is 0 Å². The predicted octanol–water partition coefficient (Wildman–Crippen LogP) is 4.38. The van der Waals surface area contributed by atoms with Crippen molar-refractivity contribution in [2.75, 3.05) is 5.32 Å². The van der Waals surface area contributed by atoms with Crippen molar-refractivity contribution in [2.24, 2.45) is 0 Å². The lowest BCUT2D eigenvalue weighted by Crippen LogP contribution is -2.32. The minimum Gasteiger partial charge on any atom is -0.481 e. The van der Waals surface area contributed by atoms with Crippen molar-refractivity contribution < 1.29 is 18.3 Å². The third kappa shape index (κ3) is 4.52. The van der Waals surface area contributed by atoms with Gasteiger partial charge in [-0.3, -0.25) is 4.79 Å². The molecule has 0 aliphatic carbocycles. The Hall–Kier alpha value is -2.43. The third-order valence-electron chi connectivity index (χ3n) is 3.33. The predicted molar refractivity (Wildman–Crippen MR) is 85.6 cm³/mol. The Morgan fingerprint density at radius 3 is 2.35 bits per heavy atom. The number of ether oxygens (including phenoxy) is 1. The summed E-state index contributed by atoms with van der Waals surface area (Å²) in [4.78, 5) is 12.3. The van der Waals surface area contributed by atoms with Crippen LogP contribution in [0.3, 0.4) is 0 Å². The number of nitrogens with one attached hydrogen (secondary N) is 1. The molecule has 0 spiro atoms. The standard InChI is InChI=1S/C18H19F2NO2/c1-4-17(23-14-8-11(2)7-12(3)9-14)18(22)21-16-6-5-13(19)10-15(16)20/h5-10,17H,4H2,1-3H3,(H,21,22)/t17-/m0/s1. The molecule has 1 atom stereocenters. The van der Waals surface area contributed by atoms with Gasteiger partial charge in [-0.05, 0) is 55.7 Å². The topological polar surface area (TPSA) is 38.3 Å². The van der Waals surface area contributed by atoms with Gasteiger partial charge >= 0.3 is 0 Å². The van der Waals surface area contributed by atoms with Crippen LogP contribution >= 0.6 is 0 Å². The zero-order valence-corrected chi connectivity index (χ0v) is 13.3. The fourth-order valence-electron chi connectivity index (χ4n) is 2.29. The Morgan fingerprint density at radius 2 is 1.78 bits per heavy atom. The summed E-state index contributed by atoms with van der Waals surface area (Å²) >= 11 is 0. The Morgan fingerprint density at radius 1 is 1.13 bits per heavy atom. The fraction of sp³-hybridized carbons (Fsp3) is 0.278. The maximum atomic E-state index is 13.6. The number of anilines is 1. The van der Waals surface area contributed by atoms with Crippen molar-refractivity contribution in [3.8, 4) is 5.75 Å². The van der Waals surface area contributed by atoms with Gasteiger partial charge in [-0.2, -0.15) is 0 Å². The van der Waals surface area contributed by atoms with E-state index in [1.807, 2.05) is 32.0 Å². The summed E-state index contributed by atoms with van der Waals surface area (Å²) in [5, 5.41) is 2.43. The van der Waals surface area contributed by atoms with Crippen LogP contribution in [0.25, 0.3) is 0 Å². The SMILES string of the molecule is CC[C@H](Oc1cc(C)cc(C)c1)C(=O)Nc1ccc(F)cc1F. The molecule has 0 radical (unpaired) electrons. The van der Waals surface area contributed by atoms with E-state index in [4.69, 9.17) is 4.74 Å². The molecule has 0 heterocycles. The molecule has 0 unspecified atom stereocenters. The molecule has 5 heteroatoms. The van der Waals surface area contributed by atoms with Gasteiger partial charge < -0.3 is 10.1 Å². The maximum Gasteiger partial charge on any atom is 0.265 e. The number of halogens is 2. The van der Waals surface area contributed by atoms with Crippen LogP contribution in [0.2, 0.25) is 0 Å². The van der Waals surface area contributed by atoms with Crippen LogP contribution in [-0.2, 0) is 4.79 Å². The second-order valence-corrected chi connectivity index (χ2v) is 5.45. The molecule has 3 nitrogen and oxygen atoms in total. The van der Waals surface area contributed by atoms with E-state index < -0.39 is 23.6 Å². The lowest BCUT2D eigenvalue weighted by atomic mass is 10.1. The van der Waals surface area contributed by atoms with Gasteiger partial charge in [0.05, 0.1) is 5.69 Å². The number of aryl methyl sites for hydroxylation is 2. The highest BCUT2D eigenvalue weighted by atomic mass is 19.1. The summed E-state index contributed by atoms with van der Waals surface area (Å²) in [5.41, 5.74) is 1.98. The van der Waals surface area contributed by atoms with Crippen molar-refractivity contribution >= 4 is 11.6 Å². The lowest BCUT2D eigenvalue weighted by Gasteiger charge is -2.18. The van der Waals surface area contributed by atoms with Crippen LogP contribution in [0.1, 0.15) is 24.5 Å². The van der Waals surface area contributed by atoms with E-state index >= 15 is 0 Å². The number of benzene rings is 2. The van der Waals surface area contributed by atoms with E-state index in [1.54, 1.807) is 6.92 Å². The van der Waals surface area contributed by atoms with Crippen LogP contribution in [0.5, 0.6) is 5.75 Å². The average molecular weight is 319 g/mol. The minimum absolute atomic E-state index is 0.0705. The van der Waals surface area contributed by atoms with Crippen LogP contribution in [-0.4, -0.2) is 12.0 Å². The first-order valence-electron chi connectivity index (χ1n) is 7.40. The lowest BCUT2D eigenvalue weighted by molar-refractivity contribution is -0.122. The molecule has 122 valence electrons. The number of amides is 1. The highest BCUT2D eigenvalue weighted by Crippen LogP contribution is 2.20. The highest BCUT2D eigenvalue weighted by Gasteiger charge is 2.20. The molecule has 0 aliphatic rings. The molecule has 0 saturated heterocycles. The number of hydrogen-bond acceptors (Lipinski definition) is 2. The largest absolute Gasteiger partial charge is 0.481 e. The molecule has 1 N–H and O–H groups in total. The second kappa shape index (κ2) is 7.22. The van der Waals surface area contributed by atoms with E-state index in [2.05, 4.69) is 5.32 Å². The molecule has 2 rings (SSSR count). The Kier molecular flexibility index (Phi) is 5.32. The monoisotopic (exact) mass is 319 g/mol. The molecule has 0 fully saturated rings. The normalized spacial score (nSPS) is 11.9. The first-order chi connectivity index (χ1) is 10.9. The first kappa shape index (κ1) is 16.9. The molecular formula is C18H19F2NO2. The minimum atomic E-state index is -0.820. The average Bonchev–Trinajstić information content (AvgIpc) is 2.46. The van der Waals surface area contributed by atoms with Crippen molar-refractivity contribution in [3.05, 3.63) is 59.2 Å². The van der Waals surface area contributed by atoms with Crippen molar-refractivity contribution in [1.29, 1.82) is 0 Å². The Balaban J connectivity index is 2.12. The first-order valence-corrected chi connectivity index (χ1v) is 7.40. The zero-order valence-electron chi connectivity index (χ0n) is 13.3. The number of carbonyl (C=O) groups excluding carboxylic acids is 1. The molecule has 1 amide bonds. The molecular weight excluding hydrogens is 300 g/mol. The van der Waals surface area contributed by atoms with E-state index in [0.717, 1.165) is 23.3 Å². The molecule has 0 aliphatic heterocycles. The van der Waals surface area contributed by atoms with Gasteiger partial charge in [0.2, 0.25) is 0 Å². The Labute approximate surface area is 134 Å². The summed E-state index contributed by atoms with van der Waals surface area (Å²) in [5.74, 6) is -1.40. The summed E-state index contributed by atoms with van der Waals surface area (Å²) in [6, 6.07) is 8.67. The van der Waals surface area contributed by atoms with Crippen LogP contribution in [0, 0.1) is 25.5 Å². The number of carbonyl (C=O) groups is 1. The van der Waals surface area contributed by atoms with Crippen molar-refractivity contribution in [3.63, 3.8) is 0 Å². The van der Waals surface area contributed by atoms with Gasteiger partial charge in [-0.1, -0.05) is 13.0 Å². The third-order valence-corrected chi connectivity index (χ3v) is 3.33. The van der Waals surface area contributed by atoms with Crippen molar-refractivity contribution in [1.82, 2.24) is 0 Å². The van der Waals surface area contributed by atoms with Crippen LogP contribution in [0.4, 0.5) is 14.5 Å². The maximum absolute atomic E-state index is 13.6. The zero-order chi connectivity index (χ0) is 17.0. The van der Waals surface area contributed by atoms with Gasteiger partial charge in [0, 0.05) is 6.07 Å². The summed E-state index contributed by atoms with van der Waals surface area (Å²) in [6.07, 6.45) is -0.345. The number of rotatable bonds is 5. The van der Waals surface area contributed by atoms with Crippen molar-refractivity contribution in [2.45, 2.75) is 33.3 Å². The molecule has 0 bridgehead atoms. The van der Waals surface area contributed by atoms with Gasteiger partial charge in [0.25, 0.3) is 5.91 Å². The summed E-state index contributed by atoms with van der Waals surface area (Å²) < 4.78 is 32.2. The number of hydrogen-bond donors (Lipinski definition) is 1. The molecule has 2 aromatic rings. The van der Waals surface area contributed by atoms with Crippen LogP contribution < -0.4 is 10.1 Å². The molecule has 2 aromatic carbocycles. The van der Waals surface area contributed by atoms with E-state index in [0.29, 0.717) is 12.2 Å². The fourth-order valence-corrected chi connectivity index (χ4v) is 2.29. The highest BCUT2D eigenvalue weighted by molar-refractivity contribution is 5.94. The van der Waals surface area contributed by atoms with E-state index in [-0.39, 0.29) is 5.69 Å². The Bertz CT molecular complexity index is 696. The molecule has 23 heavy (non-hydrogen) atoms. The summed E-state index contributed by atoms with van der Waals surface area (Å²) in [6.45, 7) is 5.68. The quantitative estimate of drug-likeness (QED) is 0.888. The molecule has 0 saturated carbocycles. The smallest absolute Gasteiger partial charge is 0.265 e. The van der Waals surface area contributed by atoms with Crippen LogP contribution in [0.15, 0.2) is 36.4 Å². The van der Waals surface area contributed by atoms with Gasteiger partial charge in [0.1, 0.15) is 17.4 Å². The summed E-state index contributed by atoms with van der Waals surface area (Å²) in [7, 11) is 0. The van der Waals surface area contributed by atoms with E-state index in [9.17, 15) is 13.6 Å². The van der Waals surface area contributed by atoms with E-state index in [1.165, 1.54) is 6.07 Å². The van der Waals surface area contributed by atoms with Gasteiger partial charge in [0.15, 0.2) is 6.10 Å². The van der Waals surface area contributed by atoms with Gasteiger partial charge in [-0.25, -0.2) is 8.78 Å².